The maximum Gasteiger partial charge on any atom is 0.244 e. The summed E-state index contributed by atoms with van der Waals surface area (Å²) in [4.78, 5) is 11.9. The highest BCUT2D eigenvalue weighted by Crippen LogP contribution is 2.34. The van der Waals surface area contributed by atoms with Gasteiger partial charge in [-0.05, 0) is 29.7 Å². The normalized spacial score (nSPS) is 11.0. The third-order valence-corrected chi connectivity index (χ3v) is 4.94. The topological polar surface area (TPSA) is 50.7 Å². The average Bonchev–Trinajstić information content (AvgIpc) is 2.70. The van der Waals surface area contributed by atoms with Crippen molar-refractivity contribution in [2.45, 2.75) is 51.9 Å². The number of halogens is 2. The fraction of sp³-hybridized carbons (Fsp3) is 0.391. The van der Waals surface area contributed by atoms with Gasteiger partial charge in [0.1, 0.15) is 0 Å². The number of hydrogen-bond donors (Lipinski definition) is 1. The maximum atomic E-state index is 11.9. The summed E-state index contributed by atoms with van der Waals surface area (Å²) in [6, 6.07) is 12.9. The number of nitrogens with zero attached hydrogens (tertiary/aromatic N) is 1. The molecule has 156 valence electrons. The molecule has 0 atom stereocenters. The lowest BCUT2D eigenvalue weighted by Crippen LogP contribution is -2.19. The predicted octanol–water partition coefficient (Wildman–Crippen LogP) is 6.43. The van der Waals surface area contributed by atoms with E-state index in [1.54, 1.807) is 12.1 Å². The minimum Gasteiger partial charge on any atom is -0.490 e. The van der Waals surface area contributed by atoms with E-state index in [9.17, 15) is 4.79 Å². The Balaban J connectivity index is 1.80. The Morgan fingerprint density at radius 3 is 2.38 bits per heavy atom. The second-order valence-electron chi connectivity index (χ2n) is 6.89. The van der Waals surface area contributed by atoms with E-state index in [1.807, 2.05) is 30.3 Å². The number of benzene rings is 2. The summed E-state index contributed by atoms with van der Waals surface area (Å²) in [5, 5.41) is 4.84. The van der Waals surface area contributed by atoms with Crippen LogP contribution in [0.15, 0.2) is 47.6 Å². The summed E-state index contributed by atoms with van der Waals surface area (Å²) in [7, 11) is 0. The van der Waals surface area contributed by atoms with Crippen molar-refractivity contribution in [1.29, 1.82) is 0 Å². The van der Waals surface area contributed by atoms with Gasteiger partial charge in [-0.1, -0.05) is 92.6 Å². The lowest BCUT2D eigenvalue weighted by molar-refractivity contribution is -0.120. The van der Waals surface area contributed by atoms with Crippen molar-refractivity contribution < 1.29 is 9.53 Å². The summed E-state index contributed by atoms with van der Waals surface area (Å²) in [5.41, 5.74) is 4.12. The third-order valence-electron chi connectivity index (χ3n) is 4.38. The zero-order valence-electron chi connectivity index (χ0n) is 16.8. The lowest BCUT2D eigenvalue weighted by atomic mass is 10.1. The molecule has 6 heteroatoms. The van der Waals surface area contributed by atoms with Gasteiger partial charge in [0.2, 0.25) is 5.91 Å². The van der Waals surface area contributed by atoms with Gasteiger partial charge < -0.3 is 4.74 Å². The van der Waals surface area contributed by atoms with Gasteiger partial charge in [-0.3, -0.25) is 4.79 Å². The molecular weight excluding hydrogens is 407 g/mol. The van der Waals surface area contributed by atoms with Crippen LogP contribution in [0.25, 0.3) is 0 Å². The van der Waals surface area contributed by atoms with Gasteiger partial charge in [0.05, 0.1) is 29.3 Å². The molecule has 29 heavy (non-hydrogen) atoms. The Labute approximate surface area is 183 Å². The Morgan fingerprint density at radius 2 is 1.69 bits per heavy atom. The van der Waals surface area contributed by atoms with Gasteiger partial charge >= 0.3 is 0 Å². The lowest BCUT2D eigenvalue weighted by Gasteiger charge is -2.10. The van der Waals surface area contributed by atoms with E-state index in [2.05, 4.69) is 17.5 Å². The summed E-state index contributed by atoms with van der Waals surface area (Å²) in [6.45, 7) is 2.80. The monoisotopic (exact) mass is 434 g/mol. The molecule has 2 aromatic rings. The molecule has 0 saturated heterocycles. The number of unbranched alkanes of at least 4 members (excludes halogenated alkanes) is 5. The van der Waals surface area contributed by atoms with Crippen molar-refractivity contribution in [3.63, 3.8) is 0 Å². The number of carbonyl (C=O) groups excluding carboxylic acids is 1. The Morgan fingerprint density at radius 1 is 1.03 bits per heavy atom. The number of hydrazone groups is 1. The van der Waals surface area contributed by atoms with Gasteiger partial charge in [0.15, 0.2) is 5.75 Å². The van der Waals surface area contributed by atoms with E-state index < -0.39 is 0 Å². The number of nitrogens with one attached hydrogen (secondary N) is 1. The first-order chi connectivity index (χ1) is 14.1. The van der Waals surface area contributed by atoms with E-state index in [1.165, 1.54) is 31.9 Å². The molecular formula is C23H28Cl2N2O2. The van der Waals surface area contributed by atoms with E-state index in [-0.39, 0.29) is 12.3 Å². The number of ether oxygens (including phenoxy) is 1. The SMILES string of the molecule is CCCCCCCCOc1c(Cl)cc(/C=N/NC(=O)Cc2ccccc2)cc1Cl. The fourth-order valence-electron chi connectivity index (χ4n) is 2.85. The zero-order chi connectivity index (χ0) is 20.9. The molecule has 2 rings (SSSR count). The smallest absolute Gasteiger partial charge is 0.244 e. The van der Waals surface area contributed by atoms with Crippen LogP contribution in [0, 0.1) is 0 Å². The Hall–Kier alpha value is -2.04. The molecule has 0 bridgehead atoms. The van der Waals surface area contributed by atoms with E-state index >= 15 is 0 Å². The van der Waals surface area contributed by atoms with Crippen molar-refractivity contribution in [2.75, 3.05) is 6.61 Å². The average molecular weight is 435 g/mol. The molecule has 0 fully saturated rings. The summed E-state index contributed by atoms with van der Waals surface area (Å²) in [5.74, 6) is 0.302. The quantitative estimate of drug-likeness (QED) is 0.237. The molecule has 0 radical (unpaired) electrons. The van der Waals surface area contributed by atoms with Crippen LogP contribution in [-0.4, -0.2) is 18.7 Å². The molecule has 1 amide bonds. The van der Waals surface area contributed by atoms with Crippen molar-refractivity contribution in [3.05, 3.63) is 63.6 Å². The van der Waals surface area contributed by atoms with Crippen LogP contribution in [0.4, 0.5) is 0 Å². The number of rotatable bonds is 12. The highest BCUT2D eigenvalue weighted by Gasteiger charge is 2.09. The second-order valence-corrected chi connectivity index (χ2v) is 7.70. The van der Waals surface area contributed by atoms with E-state index in [0.717, 1.165) is 18.4 Å². The molecule has 0 aliphatic heterocycles. The predicted molar refractivity (Wildman–Crippen MR) is 121 cm³/mol. The number of carbonyl (C=O) groups is 1. The van der Waals surface area contributed by atoms with Crippen LogP contribution in [0.2, 0.25) is 10.0 Å². The molecule has 1 N–H and O–H groups in total. The molecule has 0 aliphatic carbocycles. The Bertz CT molecular complexity index is 772. The minimum absolute atomic E-state index is 0.191. The van der Waals surface area contributed by atoms with Gasteiger partial charge in [-0.25, -0.2) is 5.43 Å². The highest BCUT2D eigenvalue weighted by molar-refractivity contribution is 6.37. The van der Waals surface area contributed by atoms with Crippen molar-refractivity contribution in [2.24, 2.45) is 5.10 Å². The third kappa shape index (κ3) is 8.88. The number of amides is 1. The summed E-state index contributed by atoms with van der Waals surface area (Å²) >= 11 is 12.6. The summed E-state index contributed by atoms with van der Waals surface area (Å²) < 4.78 is 5.76. The molecule has 0 aliphatic rings. The Kier molecular flexibility index (Phi) is 10.6. The molecule has 4 nitrogen and oxygen atoms in total. The van der Waals surface area contributed by atoms with Crippen LogP contribution in [0.3, 0.4) is 0 Å². The van der Waals surface area contributed by atoms with E-state index in [4.69, 9.17) is 27.9 Å². The van der Waals surface area contributed by atoms with E-state index in [0.29, 0.717) is 28.0 Å². The molecule has 0 spiro atoms. The fourth-order valence-corrected chi connectivity index (χ4v) is 3.46. The van der Waals surface area contributed by atoms with Crippen molar-refractivity contribution >= 4 is 35.3 Å². The maximum absolute atomic E-state index is 11.9. The van der Waals surface area contributed by atoms with Gasteiger partial charge in [0.25, 0.3) is 0 Å². The highest BCUT2D eigenvalue weighted by atomic mass is 35.5. The van der Waals surface area contributed by atoms with Crippen LogP contribution in [-0.2, 0) is 11.2 Å². The van der Waals surface area contributed by atoms with Crippen molar-refractivity contribution in [1.82, 2.24) is 5.43 Å². The second kappa shape index (κ2) is 13.2. The van der Waals surface area contributed by atoms with Gasteiger partial charge in [-0.2, -0.15) is 5.10 Å². The zero-order valence-corrected chi connectivity index (χ0v) is 18.3. The number of hydrogen-bond acceptors (Lipinski definition) is 3. The first kappa shape index (κ1) is 23.2. The molecule has 0 unspecified atom stereocenters. The van der Waals surface area contributed by atoms with Crippen LogP contribution >= 0.6 is 23.2 Å². The molecule has 0 saturated carbocycles. The standard InChI is InChI=1S/C23H28Cl2N2O2/c1-2-3-4-5-6-10-13-29-23-20(24)14-19(15-21(23)25)17-26-27-22(28)16-18-11-8-7-9-12-18/h7-9,11-12,14-15,17H,2-6,10,13,16H2,1H3,(H,27,28)/b26-17+. The van der Waals surface area contributed by atoms with Crippen LogP contribution < -0.4 is 10.2 Å². The molecule has 0 aromatic heterocycles. The first-order valence-corrected chi connectivity index (χ1v) is 10.8. The first-order valence-electron chi connectivity index (χ1n) is 10.1. The minimum atomic E-state index is -0.191. The summed E-state index contributed by atoms with van der Waals surface area (Å²) in [6.07, 6.45) is 8.93. The largest absolute Gasteiger partial charge is 0.490 e. The van der Waals surface area contributed by atoms with Gasteiger partial charge in [-0.15, -0.1) is 0 Å². The van der Waals surface area contributed by atoms with Crippen LogP contribution in [0.1, 0.15) is 56.6 Å². The molecule has 0 heterocycles. The van der Waals surface area contributed by atoms with Gasteiger partial charge in [0, 0.05) is 0 Å². The van der Waals surface area contributed by atoms with Crippen LogP contribution in [0.5, 0.6) is 5.75 Å². The molecule has 2 aromatic carbocycles. The van der Waals surface area contributed by atoms with Crippen molar-refractivity contribution in [3.8, 4) is 5.75 Å².